The number of benzene rings is 6. The van der Waals surface area contributed by atoms with E-state index in [0.717, 1.165) is 72.7 Å². The molecule has 0 spiro atoms. The molecule has 49 heavy (non-hydrogen) atoms. The van der Waals surface area contributed by atoms with E-state index in [9.17, 15) is 0 Å². The van der Waals surface area contributed by atoms with Gasteiger partial charge < -0.3 is 13.9 Å². The van der Waals surface area contributed by atoms with Crippen molar-refractivity contribution in [1.29, 1.82) is 0 Å². The van der Waals surface area contributed by atoms with Crippen LogP contribution < -0.4 is 4.74 Å². The van der Waals surface area contributed by atoms with Crippen molar-refractivity contribution >= 4 is 54.8 Å². The van der Waals surface area contributed by atoms with Gasteiger partial charge in [0.1, 0.15) is 23.0 Å². The van der Waals surface area contributed by atoms with Crippen LogP contribution in [0.25, 0.3) is 77.5 Å². The van der Waals surface area contributed by atoms with Crippen molar-refractivity contribution in [3.8, 4) is 34.3 Å². The lowest BCUT2D eigenvalue weighted by Gasteiger charge is -2.12. The highest BCUT2D eigenvalue weighted by atomic mass is 16.5. The molecule has 0 aliphatic rings. The number of aromatic nitrogens is 5. The van der Waals surface area contributed by atoms with Crippen LogP contribution in [0.2, 0.25) is 0 Å². The molecular weight excluding hydrogens is 603 g/mol. The summed E-state index contributed by atoms with van der Waals surface area (Å²) >= 11 is 0. The molecule has 0 aliphatic heterocycles. The zero-order chi connectivity index (χ0) is 32.5. The predicted octanol–water partition coefficient (Wildman–Crippen LogP) is 10.6. The zero-order valence-electron chi connectivity index (χ0n) is 26.7. The van der Waals surface area contributed by atoms with Crippen molar-refractivity contribution in [1.82, 2.24) is 23.7 Å². The molecule has 4 heterocycles. The largest absolute Gasteiger partial charge is 0.457 e. The molecule has 0 aliphatic carbocycles. The lowest BCUT2D eigenvalue weighted by atomic mass is 10.1. The summed E-state index contributed by atoms with van der Waals surface area (Å²) in [6.07, 6.45) is 1.86. The van der Waals surface area contributed by atoms with Crippen LogP contribution >= 0.6 is 0 Å². The molecular formula is C43H29N5O. The normalized spacial score (nSPS) is 11.8. The van der Waals surface area contributed by atoms with Gasteiger partial charge in [-0.2, -0.15) is 0 Å². The highest BCUT2D eigenvalue weighted by Crippen LogP contribution is 2.39. The van der Waals surface area contributed by atoms with Crippen LogP contribution in [0, 0.1) is 0 Å². The smallest absolute Gasteiger partial charge is 0.145 e. The summed E-state index contributed by atoms with van der Waals surface area (Å²) in [6, 6.07) is 52.6. The molecule has 0 N–H and O–H groups in total. The lowest BCUT2D eigenvalue weighted by Crippen LogP contribution is -1.97. The topological polar surface area (TPSA) is 49.8 Å². The summed E-state index contributed by atoms with van der Waals surface area (Å²) in [6.45, 7) is 0. The second-order valence-electron chi connectivity index (χ2n) is 12.4. The Morgan fingerprint density at radius 2 is 1.18 bits per heavy atom. The summed E-state index contributed by atoms with van der Waals surface area (Å²) in [5.74, 6) is 2.39. The summed E-state index contributed by atoms with van der Waals surface area (Å²) < 4.78 is 13.3. The Kier molecular flexibility index (Phi) is 5.99. The number of ether oxygens (including phenoxy) is 1. The van der Waals surface area contributed by atoms with E-state index in [1.165, 1.54) is 16.3 Å². The van der Waals surface area contributed by atoms with E-state index in [-0.39, 0.29) is 0 Å². The minimum Gasteiger partial charge on any atom is -0.457 e. The Morgan fingerprint density at radius 3 is 2.06 bits per heavy atom. The lowest BCUT2D eigenvalue weighted by molar-refractivity contribution is 0.482. The van der Waals surface area contributed by atoms with E-state index < -0.39 is 0 Å². The van der Waals surface area contributed by atoms with Gasteiger partial charge in [-0.15, -0.1) is 0 Å². The summed E-state index contributed by atoms with van der Waals surface area (Å²) in [4.78, 5) is 9.80. The molecule has 0 atom stereocenters. The van der Waals surface area contributed by atoms with Gasteiger partial charge in [0.25, 0.3) is 0 Å². The predicted molar refractivity (Wildman–Crippen MR) is 199 cm³/mol. The van der Waals surface area contributed by atoms with Crippen LogP contribution in [0.4, 0.5) is 0 Å². The molecule has 6 aromatic carbocycles. The molecule has 10 aromatic rings. The van der Waals surface area contributed by atoms with Crippen LogP contribution in [0.15, 0.2) is 158 Å². The molecule has 0 amide bonds. The Labute approximate surface area is 281 Å². The first-order valence-corrected chi connectivity index (χ1v) is 16.4. The molecule has 6 nitrogen and oxygen atoms in total. The number of hydrogen-bond acceptors (Lipinski definition) is 3. The van der Waals surface area contributed by atoms with Gasteiger partial charge in [-0.05, 0) is 78.9 Å². The van der Waals surface area contributed by atoms with Crippen molar-refractivity contribution < 1.29 is 4.74 Å². The maximum absolute atomic E-state index is 6.53. The van der Waals surface area contributed by atoms with Gasteiger partial charge in [-0.1, -0.05) is 66.7 Å². The number of nitrogens with zero attached hydrogens (tertiary/aromatic N) is 5. The Morgan fingerprint density at radius 1 is 0.490 bits per heavy atom. The molecule has 0 saturated heterocycles. The Balaban J connectivity index is 1.12. The maximum Gasteiger partial charge on any atom is 0.145 e. The second kappa shape index (κ2) is 10.7. The van der Waals surface area contributed by atoms with Crippen molar-refractivity contribution in [2.45, 2.75) is 0 Å². The van der Waals surface area contributed by atoms with E-state index in [1.807, 2.05) is 54.7 Å². The van der Waals surface area contributed by atoms with Crippen molar-refractivity contribution in [3.05, 3.63) is 158 Å². The molecule has 0 fully saturated rings. The maximum atomic E-state index is 6.53. The second-order valence-corrected chi connectivity index (χ2v) is 12.4. The third kappa shape index (κ3) is 4.27. The van der Waals surface area contributed by atoms with Crippen LogP contribution in [0.3, 0.4) is 0 Å². The van der Waals surface area contributed by atoms with Gasteiger partial charge in [0, 0.05) is 52.1 Å². The van der Waals surface area contributed by atoms with Crippen LogP contribution in [-0.2, 0) is 7.05 Å². The van der Waals surface area contributed by atoms with E-state index in [4.69, 9.17) is 14.7 Å². The number of hydrogen-bond donors (Lipinski definition) is 0. The first kappa shape index (κ1) is 27.5. The first-order chi connectivity index (χ1) is 24.2. The van der Waals surface area contributed by atoms with Crippen molar-refractivity contribution in [2.24, 2.45) is 7.05 Å². The summed E-state index contributed by atoms with van der Waals surface area (Å²) in [7, 11) is 2.05. The van der Waals surface area contributed by atoms with Crippen molar-refractivity contribution in [3.63, 3.8) is 0 Å². The zero-order valence-corrected chi connectivity index (χ0v) is 26.7. The average Bonchev–Trinajstić information content (AvgIpc) is 3.78. The number of aryl methyl sites for hydroxylation is 1. The van der Waals surface area contributed by atoms with Gasteiger partial charge in [-0.25, -0.2) is 9.97 Å². The fraction of sp³-hybridized carbons (Fsp3) is 0.0233. The van der Waals surface area contributed by atoms with Crippen LogP contribution in [0.5, 0.6) is 11.5 Å². The van der Waals surface area contributed by atoms with E-state index >= 15 is 0 Å². The first-order valence-electron chi connectivity index (χ1n) is 16.4. The van der Waals surface area contributed by atoms with E-state index in [1.54, 1.807) is 0 Å². The molecule has 0 saturated carbocycles. The number of rotatable bonds is 5. The quantitative estimate of drug-likeness (QED) is 0.190. The SMILES string of the molecule is Cn1c(-c2cccc(Oc3cccc(-n4c5cc6c(cc5c5cccnc54)c4ccccc4n6-c4ccccc4)c3)c2)nc2ccccc21. The molecule has 232 valence electrons. The molecule has 10 rings (SSSR count). The van der Waals surface area contributed by atoms with Gasteiger partial charge >= 0.3 is 0 Å². The van der Waals surface area contributed by atoms with Gasteiger partial charge in [0.2, 0.25) is 0 Å². The summed E-state index contributed by atoms with van der Waals surface area (Å²) in [5, 5.41) is 4.71. The highest BCUT2D eigenvalue weighted by Gasteiger charge is 2.19. The monoisotopic (exact) mass is 631 g/mol. The molecule has 0 bridgehead atoms. The van der Waals surface area contributed by atoms with Crippen molar-refractivity contribution in [2.75, 3.05) is 0 Å². The number of para-hydroxylation sites is 4. The van der Waals surface area contributed by atoms with Gasteiger partial charge in [0.05, 0.1) is 33.3 Å². The fourth-order valence-electron chi connectivity index (χ4n) is 7.35. The van der Waals surface area contributed by atoms with Gasteiger partial charge in [0.15, 0.2) is 0 Å². The standard InChI is InChI=1S/C43H29N5O/c1-46-39-22-8-6-20-37(39)45-42(46)28-12-9-16-31(24-28)49-32-17-10-15-30(25-32)48-41-27-40-35(26-36(41)34-19-11-23-44-43(34)48)33-18-5-7-21-38(33)47(40)29-13-3-2-4-14-29/h2-27H,1H3. The summed E-state index contributed by atoms with van der Waals surface area (Å²) in [5.41, 5.74) is 9.49. The molecule has 6 heteroatoms. The molecule has 0 radical (unpaired) electrons. The third-order valence-corrected chi connectivity index (χ3v) is 9.52. The number of fused-ring (bicyclic) bond motifs is 7. The van der Waals surface area contributed by atoms with Crippen LogP contribution in [0.1, 0.15) is 0 Å². The number of imidazole rings is 1. The molecule has 0 unspecified atom stereocenters. The minimum atomic E-state index is 0.741. The van der Waals surface area contributed by atoms with E-state index in [2.05, 4.69) is 124 Å². The fourth-order valence-corrected chi connectivity index (χ4v) is 7.35. The average molecular weight is 632 g/mol. The Bertz CT molecular complexity index is 2880. The third-order valence-electron chi connectivity index (χ3n) is 9.52. The van der Waals surface area contributed by atoms with E-state index in [0.29, 0.717) is 0 Å². The number of pyridine rings is 1. The highest BCUT2D eigenvalue weighted by molar-refractivity contribution is 6.18. The molecule has 4 aromatic heterocycles. The Hall–Kier alpha value is -6.66. The minimum absolute atomic E-state index is 0.741. The van der Waals surface area contributed by atoms with Gasteiger partial charge in [-0.3, -0.25) is 4.57 Å². The van der Waals surface area contributed by atoms with Crippen LogP contribution in [-0.4, -0.2) is 23.7 Å².